The summed E-state index contributed by atoms with van der Waals surface area (Å²) in [6.07, 6.45) is 6.00. The molecule has 0 bridgehead atoms. The summed E-state index contributed by atoms with van der Waals surface area (Å²) in [5.41, 5.74) is 2.14. The third-order valence-electron chi connectivity index (χ3n) is 8.52. The van der Waals surface area contributed by atoms with Gasteiger partial charge in [-0.1, -0.05) is 48.4 Å². The number of fused-ring (bicyclic) bond motifs is 1. The molecule has 0 aromatic heterocycles. The van der Waals surface area contributed by atoms with Gasteiger partial charge in [-0.05, 0) is 61.4 Å². The molecule has 2 aromatic carbocycles. The Kier molecular flexibility index (Phi) is 8.75. The zero-order chi connectivity index (χ0) is 27.2. The Balaban J connectivity index is 1.25. The summed E-state index contributed by atoms with van der Waals surface area (Å²) >= 11 is 6.17. The van der Waals surface area contributed by atoms with E-state index in [1.54, 1.807) is 17.0 Å². The molecule has 8 heteroatoms. The van der Waals surface area contributed by atoms with Crippen molar-refractivity contribution in [1.82, 2.24) is 14.7 Å². The molecule has 2 saturated heterocycles. The highest BCUT2D eigenvalue weighted by Crippen LogP contribution is 2.37. The zero-order valence-corrected chi connectivity index (χ0v) is 23.3. The van der Waals surface area contributed by atoms with Gasteiger partial charge in [-0.15, -0.1) is 0 Å². The van der Waals surface area contributed by atoms with Crippen LogP contribution in [0.2, 0.25) is 5.02 Å². The van der Waals surface area contributed by atoms with Crippen molar-refractivity contribution in [3.8, 4) is 5.75 Å². The molecular weight excluding hydrogens is 514 g/mol. The fraction of sp³-hybridized carbons (Fsp3) is 0.516. The first kappa shape index (κ1) is 27.5. The van der Waals surface area contributed by atoms with Crippen LogP contribution in [-0.4, -0.2) is 71.8 Å². The number of likely N-dealkylation sites (tertiary alicyclic amines) is 2. The van der Waals surface area contributed by atoms with Crippen molar-refractivity contribution >= 4 is 29.3 Å². The number of amides is 3. The van der Waals surface area contributed by atoms with E-state index in [1.807, 2.05) is 28.0 Å². The van der Waals surface area contributed by atoms with E-state index in [1.165, 1.54) is 11.1 Å². The van der Waals surface area contributed by atoms with Gasteiger partial charge in [0.15, 0.2) is 0 Å². The molecular formula is C31H38ClN3O4. The summed E-state index contributed by atoms with van der Waals surface area (Å²) in [6, 6.07) is 15.6. The molecule has 39 heavy (non-hydrogen) atoms. The van der Waals surface area contributed by atoms with Gasteiger partial charge in [-0.25, -0.2) is 0 Å². The van der Waals surface area contributed by atoms with Gasteiger partial charge in [0.2, 0.25) is 17.7 Å². The van der Waals surface area contributed by atoms with Crippen LogP contribution in [-0.2, 0) is 27.3 Å². The van der Waals surface area contributed by atoms with Crippen LogP contribution in [0.15, 0.2) is 48.5 Å². The van der Waals surface area contributed by atoms with Crippen molar-refractivity contribution in [1.29, 1.82) is 0 Å². The molecule has 0 unspecified atom stereocenters. The maximum atomic E-state index is 13.6. The molecule has 0 N–H and O–H groups in total. The summed E-state index contributed by atoms with van der Waals surface area (Å²) in [5.74, 6) is 0.887. The number of halogens is 1. The number of rotatable bonds is 7. The molecule has 0 spiro atoms. The van der Waals surface area contributed by atoms with Crippen molar-refractivity contribution < 1.29 is 19.1 Å². The zero-order valence-electron chi connectivity index (χ0n) is 22.6. The predicted octanol–water partition coefficient (Wildman–Crippen LogP) is 4.71. The monoisotopic (exact) mass is 551 g/mol. The topological polar surface area (TPSA) is 70.2 Å². The Morgan fingerprint density at radius 1 is 0.846 bits per heavy atom. The van der Waals surface area contributed by atoms with Gasteiger partial charge in [-0.2, -0.15) is 0 Å². The molecule has 0 saturated carbocycles. The highest BCUT2D eigenvalue weighted by Gasteiger charge is 2.40. The Bertz CT molecular complexity index is 1190. The number of hydrogen-bond acceptors (Lipinski definition) is 4. The lowest BCUT2D eigenvalue weighted by Gasteiger charge is -2.42. The molecule has 3 aliphatic heterocycles. The average molecular weight is 552 g/mol. The number of hydrogen-bond donors (Lipinski definition) is 0. The fourth-order valence-electron chi connectivity index (χ4n) is 6.01. The third-order valence-corrected chi connectivity index (χ3v) is 8.76. The average Bonchev–Trinajstić information content (AvgIpc) is 3.15. The van der Waals surface area contributed by atoms with Gasteiger partial charge in [0.1, 0.15) is 5.75 Å². The minimum Gasteiger partial charge on any atom is -0.493 e. The Hall–Kier alpha value is -3.06. The van der Waals surface area contributed by atoms with E-state index < -0.39 is 0 Å². The van der Waals surface area contributed by atoms with E-state index in [0.29, 0.717) is 69.2 Å². The highest BCUT2D eigenvalue weighted by molar-refractivity contribution is 6.30. The van der Waals surface area contributed by atoms with Crippen molar-refractivity contribution in [2.45, 2.75) is 57.9 Å². The summed E-state index contributed by atoms with van der Waals surface area (Å²) in [4.78, 5) is 44.7. The van der Waals surface area contributed by atoms with E-state index in [4.69, 9.17) is 16.3 Å². The predicted molar refractivity (Wildman–Crippen MR) is 150 cm³/mol. The number of piperidine rings is 1. The van der Waals surface area contributed by atoms with Crippen LogP contribution in [0.1, 0.15) is 56.1 Å². The van der Waals surface area contributed by atoms with Gasteiger partial charge in [0, 0.05) is 56.0 Å². The van der Waals surface area contributed by atoms with Crippen LogP contribution in [0.4, 0.5) is 0 Å². The molecule has 3 heterocycles. The van der Waals surface area contributed by atoms with Gasteiger partial charge >= 0.3 is 0 Å². The standard InChI is InChI=1S/C31H38ClN3O4/c32-26-9-6-10-27(19-26)39-23-31(20-29(37)35-16-12-24-7-3-4-8-25(24)21-35)13-17-33(18-14-31)30(38)22-34-15-5-1-2-11-28(34)36/h3-4,6-10,19H,1-2,5,11-18,20-23H2. The van der Waals surface area contributed by atoms with Gasteiger partial charge in [-0.3, -0.25) is 14.4 Å². The molecule has 3 amide bonds. The van der Waals surface area contributed by atoms with Crippen LogP contribution in [0.3, 0.4) is 0 Å². The molecule has 3 aliphatic rings. The van der Waals surface area contributed by atoms with Crippen LogP contribution in [0.25, 0.3) is 0 Å². The molecule has 2 aromatic rings. The molecule has 2 fully saturated rings. The van der Waals surface area contributed by atoms with Gasteiger partial charge in [0.05, 0.1) is 13.2 Å². The summed E-state index contributed by atoms with van der Waals surface area (Å²) < 4.78 is 6.21. The molecule has 0 aliphatic carbocycles. The second-order valence-corrected chi connectivity index (χ2v) is 11.7. The second kappa shape index (κ2) is 12.4. The summed E-state index contributed by atoms with van der Waals surface area (Å²) in [7, 11) is 0. The smallest absolute Gasteiger partial charge is 0.242 e. The Morgan fingerprint density at radius 3 is 2.44 bits per heavy atom. The maximum Gasteiger partial charge on any atom is 0.242 e. The highest BCUT2D eigenvalue weighted by atomic mass is 35.5. The number of ether oxygens (including phenoxy) is 1. The summed E-state index contributed by atoms with van der Waals surface area (Å²) in [5, 5.41) is 0.605. The van der Waals surface area contributed by atoms with E-state index in [9.17, 15) is 14.4 Å². The van der Waals surface area contributed by atoms with Crippen molar-refractivity contribution in [2.75, 3.05) is 39.3 Å². The minimum absolute atomic E-state index is 0.00595. The molecule has 7 nitrogen and oxygen atoms in total. The SMILES string of the molecule is O=C(CN1CCCCCC1=O)N1CCC(COc2cccc(Cl)c2)(CC(=O)N2CCc3ccccc3C2)CC1. The number of carbonyl (C=O) groups excluding carboxylic acids is 3. The number of benzene rings is 2. The lowest BCUT2D eigenvalue weighted by atomic mass is 9.75. The lowest BCUT2D eigenvalue weighted by molar-refractivity contribution is -0.143. The van der Waals surface area contributed by atoms with Crippen molar-refractivity contribution in [2.24, 2.45) is 5.41 Å². The maximum absolute atomic E-state index is 13.6. The first-order valence-corrected chi connectivity index (χ1v) is 14.6. The third kappa shape index (κ3) is 6.93. The number of carbonyl (C=O) groups is 3. The van der Waals surface area contributed by atoms with Crippen molar-refractivity contribution in [3.63, 3.8) is 0 Å². The molecule has 208 valence electrons. The fourth-order valence-corrected chi connectivity index (χ4v) is 6.19. The summed E-state index contributed by atoms with van der Waals surface area (Å²) in [6.45, 7) is 3.65. The van der Waals surface area contributed by atoms with E-state index >= 15 is 0 Å². The van der Waals surface area contributed by atoms with E-state index in [-0.39, 0.29) is 29.7 Å². The van der Waals surface area contributed by atoms with E-state index in [0.717, 1.165) is 32.2 Å². The largest absolute Gasteiger partial charge is 0.493 e. The Labute approximate surface area is 236 Å². The normalized spacial score (nSPS) is 19.3. The first-order valence-electron chi connectivity index (χ1n) is 14.2. The van der Waals surface area contributed by atoms with Gasteiger partial charge < -0.3 is 19.4 Å². The second-order valence-electron chi connectivity index (χ2n) is 11.3. The molecule has 5 rings (SSSR count). The van der Waals surface area contributed by atoms with E-state index in [2.05, 4.69) is 18.2 Å². The van der Waals surface area contributed by atoms with Crippen LogP contribution < -0.4 is 4.74 Å². The van der Waals surface area contributed by atoms with Crippen molar-refractivity contribution in [3.05, 3.63) is 64.7 Å². The molecule has 0 radical (unpaired) electrons. The quantitative estimate of drug-likeness (QED) is 0.500. The van der Waals surface area contributed by atoms with Crippen LogP contribution in [0, 0.1) is 5.41 Å². The van der Waals surface area contributed by atoms with Crippen LogP contribution >= 0.6 is 11.6 Å². The first-order chi connectivity index (χ1) is 18.9. The molecule has 0 atom stereocenters. The lowest BCUT2D eigenvalue weighted by Crippen LogP contribution is -2.50. The number of nitrogens with zero attached hydrogens (tertiary/aromatic N) is 3. The minimum atomic E-state index is -0.383. The van der Waals surface area contributed by atoms with Crippen LogP contribution in [0.5, 0.6) is 5.75 Å². The Morgan fingerprint density at radius 2 is 1.64 bits per heavy atom. The van der Waals surface area contributed by atoms with Gasteiger partial charge in [0.25, 0.3) is 0 Å².